The summed E-state index contributed by atoms with van der Waals surface area (Å²) in [6.07, 6.45) is 0. The molecular weight excluding hydrogens is 208 g/mol. The van der Waals surface area contributed by atoms with Gasteiger partial charge in [0.1, 0.15) is 0 Å². The van der Waals surface area contributed by atoms with Crippen LogP contribution in [-0.2, 0) is 6.54 Å². The summed E-state index contributed by atoms with van der Waals surface area (Å²) in [4.78, 5) is 12.0. The SMILES string of the molecule is CC(C)C(C)NCc1cc(C(N)=O)cs1. The topological polar surface area (TPSA) is 55.1 Å². The summed E-state index contributed by atoms with van der Waals surface area (Å²) in [5, 5.41) is 5.21. The molecule has 1 amide bonds. The van der Waals surface area contributed by atoms with Crippen molar-refractivity contribution >= 4 is 17.2 Å². The van der Waals surface area contributed by atoms with Crippen molar-refractivity contribution in [3.8, 4) is 0 Å². The number of amides is 1. The van der Waals surface area contributed by atoms with Gasteiger partial charge in [0.15, 0.2) is 0 Å². The van der Waals surface area contributed by atoms with E-state index in [0.29, 0.717) is 17.5 Å². The number of nitrogens with one attached hydrogen (secondary N) is 1. The van der Waals surface area contributed by atoms with Crippen molar-refractivity contribution in [2.24, 2.45) is 11.7 Å². The zero-order chi connectivity index (χ0) is 11.4. The predicted molar refractivity (Wildman–Crippen MR) is 64.0 cm³/mol. The van der Waals surface area contributed by atoms with Gasteiger partial charge in [-0.25, -0.2) is 0 Å². The summed E-state index contributed by atoms with van der Waals surface area (Å²) < 4.78 is 0. The Morgan fingerprint density at radius 3 is 2.67 bits per heavy atom. The minimum Gasteiger partial charge on any atom is -0.366 e. The average molecular weight is 226 g/mol. The van der Waals surface area contributed by atoms with Gasteiger partial charge in [-0.1, -0.05) is 13.8 Å². The summed E-state index contributed by atoms with van der Waals surface area (Å²) in [6.45, 7) is 7.33. The van der Waals surface area contributed by atoms with E-state index in [1.165, 1.54) is 0 Å². The third-order valence-corrected chi connectivity index (χ3v) is 3.47. The quantitative estimate of drug-likeness (QED) is 0.806. The van der Waals surface area contributed by atoms with E-state index in [1.807, 2.05) is 6.07 Å². The zero-order valence-electron chi connectivity index (χ0n) is 9.41. The summed E-state index contributed by atoms with van der Waals surface area (Å²) in [5.74, 6) is 0.259. The molecule has 0 saturated heterocycles. The minimum absolute atomic E-state index is 0.352. The van der Waals surface area contributed by atoms with Crippen LogP contribution in [0.25, 0.3) is 0 Å². The van der Waals surface area contributed by atoms with Gasteiger partial charge in [0.2, 0.25) is 5.91 Å². The van der Waals surface area contributed by atoms with Crippen LogP contribution in [0.2, 0.25) is 0 Å². The minimum atomic E-state index is -0.352. The van der Waals surface area contributed by atoms with Crippen LogP contribution in [0.5, 0.6) is 0 Å². The molecule has 1 heterocycles. The average Bonchev–Trinajstić information content (AvgIpc) is 2.62. The van der Waals surface area contributed by atoms with Crippen molar-refractivity contribution in [1.82, 2.24) is 5.32 Å². The van der Waals surface area contributed by atoms with Gasteiger partial charge in [0.25, 0.3) is 0 Å². The van der Waals surface area contributed by atoms with Gasteiger partial charge in [0.05, 0.1) is 5.56 Å². The smallest absolute Gasteiger partial charge is 0.249 e. The highest BCUT2D eigenvalue weighted by Gasteiger charge is 2.08. The van der Waals surface area contributed by atoms with Crippen molar-refractivity contribution < 1.29 is 4.79 Å². The molecule has 0 saturated carbocycles. The van der Waals surface area contributed by atoms with Gasteiger partial charge in [-0.05, 0) is 18.9 Å². The Hall–Kier alpha value is -0.870. The van der Waals surface area contributed by atoms with Gasteiger partial charge >= 0.3 is 0 Å². The second kappa shape index (κ2) is 5.28. The van der Waals surface area contributed by atoms with E-state index in [4.69, 9.17) is 5.73 Å². The van der Waals surface area contributed by atoms with Gasteiger partial charge in [-0.15, -0.1) is 11.3 Å². The third-order valence-electron chi connectivity index (χ3n) is 2.54. The van der Waals surface area contributed by atoms with Gasteiger partial charge in [-0.3, -0.25) is 4.79 Å². The first kappa shape index (κ1) is 12.2. The number of carbonyl (C=O) groups is 1. The van der Waals surface area contributed by atoms with Gasteiger partial charge < -0.3 is 11.1 Å². The van der Waals surface area contributed by atoms with Crippen molar-refractivity contribution in [3.63, 3.8) is 0 Å². The molecule has 3 nitrogen and oxygen atoms in total. The maximum absolute atomic E-state index is 10.9. The van der Waals surface area contributed by atoms with Crippen LogP contribution in [0, 0.1) is 5.92 Å². The van der Waals surface area contributed by atoms with E-state index < -0.39 is 0 Å². The summed E-state index contributed by atoms with van der Waals surface area (Å²) in [5.41, 5.74) is 5.78. The fourth-order valence-electron chi connectivity index (χ4n) is 1.10. The molecule has 0 bridgehead atoms. The molecule has 0 aliphatic rings. The van der Waals surface area contributed by atoms with E-state index in [0.717, 1.165) is 11.4 Å². The van der Waals surface area contributed by atoms with Crippen molar-refractivity contribution in [3.05, 3.63) is 21.9 Å². The van der Waals surface area contributed by atoms with Crippen LogP contribution < -0.4 is 11.1 Å². The molecule has 84 valence electrons. The second-order valence-electron chi connectivity index (χ2n) is 4.08. The van der Waals surface area contributed by atoms with Gasteiger partial charge in [-0.2, -0.15) is 0 Å². The Balaban J connectivity index is 2.48. The maximum atomic E-state index is 10.9. The zero-order valence-corrected chi connectivity index (χ0v) is 10.2. The molecule has 0 aromatic carbocycles. The highest BCUT2D eigenvalue weighted by atomic mass is 32.1. The number of primary amides is 1. The van der Waals surface area contributed by atoms with E-state index in [1.54, 1.807) is 16.7 Å². The summed E-state index contributed by atoms with van der Waals surface area (Å²) in [6, 6.07) is 2.33. The van der Waals surface area contributed by atoms with Crippen molar-refractivity contribution in [2.75, 3.05) is 0 Å². The molecule has 1 aromatic heterocycles. The van der Waals surface area contributed by atoms with Crippen LogP contribution in [-0.4, -0.2) is 11.9 Å². The van der Waals surface area contributed by atoms with Gasteiger partial charge in [0, 0.05) is 22.8 Å². The summed E-state index contributed by atoms with van der Waals surface area (Å²) >= 11 is 1.57. The van der Waals surface area contributed by atoms with Crippen LogP contribution in [0.1, 0.15) is 36.0 Å². The molecule has 15 heavy (non-hydrogen) atoms. The predicted octanol–water partition coefficient (Wildman–Crippen LogP) is 1.98. The first-order chi connectivity index (χ1) is 7.00. The Bertz CT molecular complexity index is 333. The number of hydrogen-bond donors (Lipinski definition) is 2. The second-order valence-corrected chi connectivity index (χ2v) is 5.08. The molecule has 1 atom stereocenters. The molecule has 0 radical (unpaired) electrons. The maximum Gasteiger partial charge on any atom is 0.249 e. The lowest BCUT2D eigenvalue weighted by molar-refractivity contribution is 0.100. The number of nitrogens with two attached hydrogens (primary N) is 1. The first-order valence-electron chi connectivity index (χ1n) is 5.11. The Labute approximate surface area is 94.7 Å². The fraction of sp³-hybridized carbons (Fsp3) is 0.545. The lowest BCUT2D eigenvalue weighted by Crippen LogP contribution is -2.29. The number of carbonyl (C=O) groups excluding carboxylic acids is 1. The molecule has 0 aliphatic carbocycles. The van der Waals surface area contributed by atoms with E-state index in [-0.39, 0.29) is 5.91 Å². The molecule has 0 spiro atoms. The normalized spacial score (nSPS) is 13.1. The van der Waals surface area contributed by atoms with Crippen molar-refractivity contribution in [2.45, 2.75) is 33.4 Å². The first-order valence-corrected chi connectivity index (χ1v) is 5.99. The molecule has 0 fully saturated rings. The summed E-state index contributed by atoms with van der Waals surface area (Å²) in [7, 11) is 0. The Kier molecular flexibility index (Phi) is 4.29. The molecule has 1 unspecified atom stereocenters. The van der Waals surface area contributed by atoms with E-state index in [2.05, 4.69) is 26.1 Å². The monoisotopic (exact) mass is 226 g/mol. The Morgan fingerprint density at radius 2 is 2.20 bits per heavy atom. The Morgan fingerprint density at radius 1 is 1.53 bits per heavy atom. The van der Waals surface area contributed by atoms with Crippen LogP contribution in [0.15, 0.2) is 11.4 Å². The fourth-order valence-corrected chi connectivity index (χ4v) is 1.92. The molecule has 0 aliphatic heterocycles. The number of hydrogen-bond acceptors (Lipinski definition) is 3. The molecule has 1 rings (SSSR count). The van der Waals surface area contributed by atoms with Crippen molar-refractivity contribution in [1.29, 1.82) is 0 Å². The molecule has 4 heteroatoms. The lowest BCUT2D eigenvalue weighted by Gasteiger charge is -2.16. The largest absolute Gasteiger partial charge is 0.366 e. The highest BCUT2D eigenvalue weighted by Crippen LogP contribution is 2.14. The highest BCUT2D eigenvalue weighted by molar-refractivity contribution is 7.10. The standard InChI is InChI=1S/C11H18N2OS/c1-7(2)8(3)13-5-10-4-9(6-15-10)11(12)14/h4,6-8,13H,5H2,1-3H3,(H2,12,14). The van der Waals surface area contributed by atoms with Crippen LogP contribution in [0.3, 0.4) is 0 Å². The van der Waals surface area contributed by atoms with E-state index >= 15 is 0 Å². The van der Waals surface area contributed by atoms with Crippen LogP contribution in [0.4, 0.5) is 0 Å². The van der Waals surface area contributed by atoms with Crippen LogP contribution >= 0.6 is 11.3 Å². The van der Waals surface area contributed by atoms with E-state index in [9.17, 15) is 4.79 Å². The molecular formula is C11H18N2OS. The molecule has 3 N–H and O–H groups in total. The number of thiophene rings is 1. The molecule has 1 aromatic rings. The lowest BCUT2D eigenvalue weighted by atomic mass is 10.1. The number of rotatable bonds is 5. The third kappa shape index (κ3) is 3.64.